The Hall–Kier alpha value is -1.13. The summed E-state index contributed by atoms with van der Waals surface area (Å²) in [6.07, 6.45) is 1.11. The maximum Gasteiger partial charge on any atom is 0.288 e. The van der Waals surface area contributed by atoms with Crippen LogP contribution in [0.3, 0.4) is 0 Å². The van der Waals surface area contributed by atoms with Crippen LogP contribution in [0, 0.1) is 16.0 Å². The summed E-state index contributed by atoms with van der Waals surface area (Å²) in [7, 11) is 0. The van der Waals surface area contributed by atoms with Crippen LogP contribution in [0.1, 0.15) is 32.8 Å². The van der Waals surface area contributed by atoms with Crippen molar-refractivity contribution in [2.24, 2.45) is 5.92 Å². The van der Waals surface area contributed by atoms with Crippen molar-refractivity contribution in [2.45, 2.75) is 39.8 Å². The Labute approximate surface area is 112 Å². The Kier molecular flexibility index (Phi) is 5.56. The van der Waals surface area contributed by atoms with Gasteiger partial charge in [0.25, 0.3) is 5.69 Å². The standard InChI is InChI=1S/C13H19ClN2O2/c1-4-9(2)10(3)15-8-11-5-6-12(14)13(7-11)16(17)18/h5-7,9-10,15H,4,8H2,1-3H3. The molecule has 1 N–H and O–H groups in total. The lowest BCUT2D eigenvalue weighted by atomic mass is 10.0. The number of hydrogen-bond donors (Lipinski definition) is 1. The van der Waals surface area contributed by atoms with Crippen molar-refractivity contribution < 1.29 is 4.92 Å². The third-order valence-electron chi connectivity index (χ3n) is 3.33. The first kappa shape index (κ1) is 14.9. The Morgan fingerprint density at radius 1 is 1.44 bits per heavy atom. The van der Waals surface area contributed by atoms with E-state index in [1.165, 1.54) is 6.07 Å². The second-order valence-corrected chi connectivity index (χ2v) is 5.01. The van der Waals surface area contributed by atoms with Gasteiger partial charge in [-0.05, 0) is 24.5 Å². The van der Waals surface area contributed by atoms with Crippen molar-refractivity contribution in [1.29, 1.82) is 0 Å². The van der Waals surface area contributed by atoms with Gasteiger partial charge < -0.3 is 5.32 Å². The number of nitrogens with zero attached hydrogens (tertiary/aromatic N) is 1. The minimum absolute atomic E-state index is 0.0350. The van der Waals surface area contributed by atoms with Gasteiger partial charge >= 0.3 is 0 Å². The van der Waals surface area contributed by atoms with Gasteiger partial charge in [-0.25, -0.2) is 0 Å². The molecule has 0 aromatic heterocycles. The van der Waals surface area contributed by atoms with Crippen molar-refractivity contribution >= 4 is 17.3 Å². The third kappa shape index (κ3) is 3.96. The summed E-state index contributed by atoms with van der Waals surface area (Å²) < 4.78 is 0. The molecular weight excluding hydrogens is 252 g/mol. The molecule has 0 amide bonds. The number of nitrogens with one attached hydrogen (secondary N) is 1. The van der Waals surface area contributed by atoms with Gasteiger partial charge in [-0.2, -0.15) is 0 Å². The molecule has 0 aliphatic heterocycles. The molecule has 1 aromatic rings. The highest BCUT2D eigenvalue weighted by Crippen LogP contribution is 2.25. The summed E-state index contributed by atoms with van der Waals surface area (Å²) in [6.45, 7) is 7.07. The summed E-state index contributed by atoms with van der Waals surface area (Å²) >= 11 is 5.76. The fourth-order valence-corrected chi connectivity index (χ4v) is 1.83. The van der Waals surface area contributed by atoms with E-state index in [1.54, 1.807) is 6.07 Å². The van der Waals surface area contributed by atoms with Crippen LogP contribution in [0.15, 0.2) is 18.2 Å². The molecule has 100 valence electrons. The van der Waals surface area contributed by atoms with Crippen LogP contribution in [-0.4, -0.2) is 11.0 Å². The summed E-state index contributed by atoms with van der Waals surface area (Å²) in [5.74, 6) is 0.576. The van der Waals surface area contributed by atoms with Crippen LogP contribution in [-0.2, 0) is 6.54 Å². The van der Waals surface area contributed by atoms with Crippen LogP contribution in [0.2, 0.25) is 5.02 Å². The van der Waals surface area contributed by atoms with Gasteiger partial charge in [0.15, 0.2) is 0 Å². The fraction of sp³-hybridized carbons (Fsp3) is 0.538. The molecule has 2 unspecified atom stereocenters. The second kappa shape index (κ2) is 6.71. The molecule has 0 saturated carbocycles. The summed E-state index contributed by atoms with van der Waals surface area (Å²) in [5, 5.41) is 14.3. The van der Waals surface area contributed by atoms with Crippen molar-refractivity contribution in [1.82, 2.24) is 5.32 Å². The van der Waals surface area contributed by atoms with Gasteiger partial charge in [0.1, 0.15) is 5.02 Å². The van der Waals surface area contributed by atoms with E-state index in [0.717, 1.165) is 12.0 Å². The topological polar surface area (TPSA) is 55.2 Å². The van der Waals surface area contributed by atoms with Crippen molar-refractivity contribution in [2.75, 3.05) is 0 Å². The molecule has 1 aromatic carbocycles. The first-order valence-corrected chi connectivity index (χ1v) is 6.49. The van der Waals surface area contributed by atoms with Crippen molar-refractivity contribution in [3.8, 4) is 0 Å². The zero-order chi connectivity index (χ0) is 13.7. The number of rotatable bonds is 6. The number of hydrogen-bond acceptors (Lipinski definition) is 3. The van der Waals surface area contributed by atoms with E-state index in [1.807, 2.05) is 6.07 Å². The molecule has 0 saturated heterocycles. The van der Waals surface area contributed by atoms with E-state index in [2.05, 4.69) is 26.1 Å². The van der Waals surface area contributed by atoms with Gasteiger partial charge in [0.05, 0.1) is 4.92 Å². The Morgan fingerprint density at radius 2 is 2.11 bits per heavy atom. The summed E-state index contributed by atoms with van der Waals surface area (Å²) in [5.41, 5.74) is 0.841. The zero-order valence-corrected chi connectivity index (χ0v) is 11.7. The van der Waals surface area contributed by atoms with E-state index in [4.69, 9.17) is 11.6 Å². The average Bonchev–Trinajstić information content (AvgIpc) is 2.36. The van der Waals surface area contributed by atoms with Crippen LogP contribution in [0.5, 0.6) is 0 Å². The fourth-order valence-electron chi connectivity index (χ4n) is 1.64. The van der Waals surface area contributed by atoms with E-state index < -0.39 is 4.92 Å². The Balaban J connectivity index is 2.69. The molecule has 4 nitrogen and oxygen atoms in total. The highest BCUT2D eigenvalue weighted by molar-refractivity contribution is 6.32. The highest BCUT2D eigenvalue weighted by Gasteiger charge is 2.14. The molecule has 0 aliphatic rings. The monoisotopic (exact) mass is 270 g/mol. The summed E-state index contributed by atoms with van der Waals surface area (Å²) in [6, 6.07) is 5.29. The highest BCUT2D eigenvalue weighted by atomic mass is 35.5. The molecule has 0 bridgehead atoms. The van der Waals surface area contributed by atoms with Gasteiger partial charge in [-0.1, -0.05) is 37.9 Å². The summed E-state index contributed by atoms with van der Waals surface area (Å²) in [4.78, 5) is 10.3. The smallest absolute Gasteiger partial charge is 0.288 e. The SMILES string of the molecule is CCC(C)C(C)NCc1ccc(Cl)c([N+](=O)[O-])c1. The quantitative estimate of drug-likeness (QED) is 0.632. The number of halogens is 1. The van der Waals surface area contributed by atoms with Gasteiger partial charge in [-0.15, -0.1) is 0 Å². The normalized spacial score (nSPS) is 14.2. The lowest BCUT2D eigenvalue weighted by Crippen LogP contribution is -2.31. The molecule has 5 heteroatoms. The van der Waals surface area contributed by atoms with Crippen molar-refractivity contribution in [3.63, 3.8) is 0 Å². The zero-order valence-electron chi connectivity index (χ0n) is 10.9. The molecule has 0 heterocycles. The van der Waals surface area contributed by atoms with E-state index in [9.17, 15) is 10.1 Å². The molecule has 0 radical (unpaired) electrons. The Morgan fingerprint density at radius 3 is 2.67 bits per heavy atom. The first-order valence-electron chi connectivity index (χ1n) is 6.11. The second-order valence-electron chi connectivity index (χ2n) is 4.60. The van der Waals surface area contributed by atoms with Crippen LogP contribution in [0.4, 0.5) is 5.69 Å². The average molecular weight is 271 g/mol. The van der Waals surface area contributed by atoms with Crippen LogP contribution < -0.4 is 5.32 Å². The Bertz CT molecular complexity index is 423. The predicted octanol–water partition coefficient (Wildman–Crippen LogP) is 3.77. The lowest BCUT2D eigenvalue weighted by Gasteiger charge is -2.19. The maximum absolute atomic E-state index is 10.8. The lowest BCUT2D eigenvalue weighted by molar-refractivity contribution is -0.384. The molecule has 0 spiro atoms. The molecule has 18 heavy (non-hydrogen) atoms. The predicted molar refractivity (Wildman–Crippen MR) is 73.9 cm³/mol. The van der Waals surface area contributed by atoms with E-state index >= 15 is 0 Å². The largest absolute Gasteiger partial charge is 0.310 e. The third-order valence-corrected chi connectivity index (χ3v) is 3.65. The number of benzene rings is 1. The number of nitro groups is 1. The first-order chi connectivity index (χ1) is 8.45. The van der Waals surface area contributed by atoms with Gasteiger partial charge in [0.2, 0.25) is 0 Å². The molecule has 1 rings (SSSR count). The van der Waals surface area contributed by atoms with Gasteiger partial charge in [-0.3, -0.25) is 10.1 Å². The van der Waals surface area contributed by atoms with Crippen molar-refractivity contribution in [3.05, 3.63) is 38.9 Å². The maximum atomic E-state index is 10.8. The van der Waals surface area contributed by atoms with Crippen LogP contribution >= 0.6 is 11.6 Å². The minimum atomic E-state index is -0.454. The molecule has 0 aliphatic carbocycles. The van der Waals surface area contributed by atoms with E-state index in [-0.39, 0.29) is 10.7 Å². The van der Waals surface area contributed by atoms with Crippen LogP contribution in [0.25, 0.3) is 0 Å². The molecular formula is C13H19ClN2O2. The number of nitro benzene ring substituents is 1. The minimum Gasteiger partial charge on any atom is -0.310 e. The van der Waals surface area contributed by atoms with E-state index in [0.29, 0.717) is 18.5 Å². The molecule has 2 atom stereocenters. The molecule has 0 fully saturated rings. The van der Waals surface area contributed by atoms with Gasteiger partial charge in [0, 0.05) is 18.7 Å².